The molecule has 6 heteroatoms. The number of nitrogens with zero attached hydrogens (tertiary/aromatic N) is 3. The molecule has 0 saturated heterocycles. The van der Waals surface area contributed by atoms with Crippen LogP contribution in [0.5, 0.6) is 0 Å². The third-order valence-electron chi connectivity index (χ3n) is 4.06. The number of hydrogen-bond donors (Lipinski definition) is 1. The summed E-state index contributed by atoms with van der Waals surface area (Å²) in [6.07, 6.45) is 1.57. The maximum Gasteiger partial charge on any atom is 0.270 e. The lowest BCUT2D eigenvalue weighted by atomic mass is 10.1. The normalized spacial score (nSPS) is 11.2. The van der Waals surface area contributed by atoms with Crippen molar-refractivity contribution in [3.63, 3.8) is 0 Å². The summed E-state index contributed by atoms with van der Waals surface area (Å²) in [7, 11) is 0. The van der Waals surface area contributed by atoms with Crippen LogP contribution in [0.2, 0.25) is 0 Å². The van der Waals surface area contributed by atoms with Gasteiger partial charge >= 0.3 is 0 Å². The molecule has 4 aromatic rings. The molecule has 0 unspecified atom stereocenters. The minimum absolute atomic E-state index is 0.0359. The van der Waals surface area contributed by atoms with E-state index in [-0.39, 0.29) is 5.69 Å². The molecule has 0 radical (unpaired) electrons. The fourth-order valence-corrected chi connectivity index (χ4v) is 2.85. The van der Waals surface area contributed by atoms with Gasteiger partial charge in [-0.25, -0.2) is 4.98 Å². The monoisotopic (exact) mass is 342 g/mol. The molecule has 1 heterocycles. The Kier molecular flexibility index (Phi) is 3.99. The van der Waals surface area contributed by atoms with Gasteiger partial charge in [-0.15, -0.1) is 0 Å². The predicted octanol–water partition coefficient (Wildman–Crippen LogP) is 4.74. The summed E-state index contributed by atoms with van der Waals surface area (Å²) in [6.45, 7) is 0. The third kappa shape index (κ3) is 2.95. The van der Waals surface area contributed by atoms with Gasteiger partial charge in [0.2, 0.25) is 0 Å². The Labute approximate surface area is 149 Å². The Bertz CT molecular complexity index is 1100. The van der Waals surface area contributed by atoms with Gasteiger partial charge in [0, 0.05) is 28.5 Å². The van der Waals surface area contributed by atoms with Crippen molar-refractivity contribution in [1.82, 2.24) is 4.98 Å². The van der Waals surface area contributed by atoms with Crippen molar-refractivity contribution in [1.29, 1.82) is 0 Å². The minimum atomic E-state index is -0.422. The molecule has 0 atom stereocenters. The van der Waals surface area contributed by atoms with Crippen molar-refractivity contribution >= 4 is 39.4 Å². The zero-order chi connectivity index (χ0) is 17.9. The first kappa shape index (κ1) is 15.7. The van der Waals surface area contributed by atoms with Crippen LogP contribution in [0.15, 0.2) is 77.9 Å². The van der Waals surface area contributed by atoms with Crippen LogP contribution in [0.3, 0.4) is 0 Å². The maximum absolute atomic E-state index is 10.9. The van der Waals surface area contributed by atoms with Gasteiger partial charge in [0.25, 0.3) is 5.69 Å². The van der Waals surface area contributed by atoms with Crippen molar-refractivity contribution < 1.29 is 4.92 Å². The van der Waals surface area contributed by atoms with Crippen molar-refractivity contribution in [2.24, 2.45) is 5.10 Å². The summed E-state index contributed by atoms with van der Waals surface area (Å²) in [6, 6.07) is 22.0. The second-order valence-corrected chi connectivity index (χ2v) is 5.74. The number of para-hydroxylation sites is 2. The Hall–Kier alpha value is -3.80. The summed E-state index contributed by atoms with van der Waals surface area (Å²) in [4.78, 5) is 15.1. The highest BCUT2D eigenvalue weighted by molar-refractivity contribution is 6.07. The number of pyridine rings is 1. The van der Waals surface area contributed by atoms with E-state index in [1.807, 2.05) is 48.5 Å². The maximum atomic E-state index is 10.9. The van der Waals surface area contributed by atoms with Crippen LogP contribution in [0.25, 0.3) is 21.8 Å². The quantitative estimate of drug-likeness (QED) is 0.251. The molecule has 126 valence electrons. The highest BCUT2D eigenvalue weighted by atomic mass is 16.6. The molecule has 6 nitrogen and oxygen atoms in total. The van der Waals surface area contributed by atoms with E-state index in [0.29, 0.717) is 5.56 Å². The van der Waals surface area contributed by atoms with Crippen LogP contribution < -0.4 is 5.43 Å². The van der Waals surface area contributed by atoms with Crippen molar-refractivity contribution in [2.75, 3.05) is 5.43 Å². The summed E-state index contributed by atoms with van der Waals surface area (Å²) in [5.41, 5.74) is 6.37. The molecule has 1 N–H and O–H groups in total. The summed E-state index contributed by atoms with van der Waals surface area (Å²) >= 11 is 0. The molecule has 0 aliphatic heterocycles. The lowest BCUT2D eigenvalue weighted by Gasteiger charge is -2.09. The van der Waals surface area contributed by atoms with E-state index >= 15 is 0 Å². The van der Waals surface area contributed by atoms with E-state index in [1.54, 1.807) is 18.3 Å². The second-order valence-electron chi connectivity index (χ2n) is 5.74. The van der Waals surface area contributed by atoms with Crippen molar-refractivity contribution in [3.05, 3.63) is 88.5 Å². The molecule has 0 aliphatic rings. The van der Waals surface area contributed by atoms with Gasteiger partial charge in [-0.2, -0.15) is 5.10 Å². The molecular weight excluding hydrogens is 328 g/mol. The third-order valence-corrected chi connectivity index (χ3v) is 4.06. The molecular formula is C20H14N4O2. The van der Waals surface area contributed by atoms with Crippen LogP contribution in [0.4, 0.5) is 11.4 Å². The Morgan fingerprint density at radius 3 is 2.23 bits per heavy atom. The van der Waals surface area contributed by atoms with Gasteiger partial charge in [0.15, 0.2) is 0 Å². The first-order valence-electron chi connectivity index (χ1n) is 8.03. The molecule has 0 spiro atoms. The van der Waals surface area contributed by atoms with E-state index < -0.39 is 4.92 Å². The number of hydrogen-bond acceptors (Lipinski definition) is 5. The number of anilines is 1. The Balaban J connectivity index is 1.74. The molecule has 4 rings (SSSR count). The fourth-order valence-electron chi connectivity index (χ4n) is 2.85. The zero-order valence-electron chi connectivity index (χ0n) is 13.7. The van der Waals surface area contributed by atoms with Crippen LogP contribution in [-0.2, 0) is 0 Å². The van der Waals surface area contributed by atoms with Gasteiger partial charge < -0.3 is 0 Å². The van der Waals surface area contributed by atoms with Crippen molar-refractivity contribution in [3.8, 4) is 0 Å². The van der Waals surface area contributed by atoms with E-state index in [0.717, 1.165) is 27.5 Å². The largest absolute Gasteiger partial charge is 0.277 e. The topological polar surface area (TPSA) is 80.4 Å². The number of benzene rings is 3. The number of nitro groups is 1. The van der Waals surface area contributed by atoms with E-state index in [2.05, 4.69) is 15.5 Å². The Morgan fingerprint density at radius 2 is 1.58 bits per heavy atom. The lowest BCUT2D eigenvalue weighted by molar-refractivity contribution is -0.384. The zero-order valence-corrected chi connectivity index (χ0v) is 13.7. The first-order chi connectivity index (χ1) is 12.7. The molecule has 3 aromatic carbocycles. The number of fused-ring (bicyclic) bond motifs is 2. The Morgan fingerprint density at radius 1 is 0.923 bits per heavy atom. The summed E-state index contributed by atoms with van der Waals surface area (Å²) in [5, 5.41) is 17.1. The molecule has 0 aliphatic carbocycles. The fraction of sp³-hybridized carbons (Fsp3) is 0. The number of nitro benzene ring substituents is 1. The van der Waals surface area contributed by atoms with Crippen LogP contribution in [-0.4, -0.2) is 16.1 Å². The lowest BCUT2D eigenvalue weighted by Crippen LogP contribution is -1.95. The molecule has 26 heavy (non-hydrogen) atoms. The molecule has 0 bridgehead atoms. The van der Waals surface area contributed by atoms with E-state index in [9.17, 15) is 10.1 Å². The number of hydrazone groups is 1. The highest BCUT2D eigenvalue weighted by Gasteiger charge is 2.08. The smallest absolute Gasteiger partial charge is 0.270 e. The first-order valence-corrected chi connectivity index (χ1v) is 8.03. The number of non-ortho nitro benzene ring substituents is 1. The van der Waals surface area contributed by atoms with Gasteiger partial charge in [0.1, 0.15) is 0 Å². The van der Waals surface area contributed by atoms with Gasteiger partial charge in [-0.1, -0.05) is 48.5 Å². The summed E-state index contributed by atoms with van der Waals surface area (Å²) < 4.78 is 0. The second kappa shape index (κ2) is 6.60. The van der Waals surface area contributed by atoms with Crippen LogP contribution in [0.1, 0.15) is 5.56 Å². The van der Waals surface area contributed by atoms with Crippen LogP contribution >= 0.6 is 0 Å². The van der Waals surface area contributed by atoms with E-state index in [1.165, 1.54) is 12.1 Å². The minimum Gasteiger partial charge on any atom is -0.277 e. The molecule has 0 saturated carbocycles. The van der Waals surface area contributed by atoms with Gasteiger partial charge in [0.05, 0.1) is 27.9 Å². The highest BCUT2D eigenvalue weighted by Crippen LogP contribution is 2.30. The molecule has 1 aromatic heterocycles. The number of nitrogens with one attached hydrogen (secondary N) is 1. The van der Waals surface area contributed by atoms with Crippen LogP contribution in [0, 0.1) is 10.1 Å². The number of aromatic nitrogens is 1. The van der Waals surface area contributed by atoms with Gasteiger partial charge in [-0.05, 0) is 12.1 Å². The summed E-state index contributed by atoms with van der Waals surface area (Å²) in [5.74, 6) is 0. The van der Waals surface area contributed by atoms with Gasteiger partial charge in [-0.3, -0.25) is 15.5 Å². The number of rotatable bonds is 4. The average Bonchev–Trinajstić information content (AvgIpc) is 2.67. The SMILES string of the molecule is O=[N+]([O-])c1cccc(/C=N/Nc2c3ccccc3nc3ccccc23)c1. The van der Waals surface area contributed by atoms with Crippen molar-refractivity contribution in [2.45, 2.75) is 0 Å². The standard InChI is InChI=1S/C20H14N4O2/c25-24(26)15-7-5-6-14(12-15)13-21-23-20-16-8-1-3-10-18(16)22-19-11-4-2-9-17(19)20/h1-13H,(H,22,23)/b21-13+. The molecule has 0 fully saturated rings. The molecule has 0 amide bonds. The van der Waals surface area contributed by atoms with E-state index in [4.69, 9.17) is 0 Å². The average molecular weight is 342 g/mol. The predicted molar refractivity (Wildman–Crippen MR) is 104 cm³/mol.